The lowest BCUT2D eigenvalue weighted by molar-refractivity contribution is 0.199. The zero-order valence-electron chi connectivity index (χ0n) is 9.84. The largest absolute Gasteiger partial charge is 0.488 e. The lowest BCUT2D eigenvalue weighted by Crippen LogP contribution is -2.18. The van der Waals surface area contributed by atoms with Gasteiger partial charge in [-0.1, -0.05) is 6.07 Å². The molecule has 0 aliphatic rings. The Labute approximate surface area is 99.7 Å². The highest BCUT2D eigenvalue weighted by Crippen LogP contribution is 2.18. The van der Waals surface area contributed by atoms with Gasteiger partial charge in [0, 0.05) is 20.2 Å². The predicted octanol–water partition coefficient (Wildman–Crippen LogP) is 1.91. The van der Waals surface area contributed by atoms with E-state index in [1.807, 2.05) is 0 Å². The highest BCUT2D eigenvalue weighted by molar-refractivity contribution is 5.29. The number of hydrogen-bond donors (Lipinski definition) is 1. The van der Waals surface area contributed by atoms with Gasteiger partial charge in [0.25, 0.3) is 0 Å². The van der Waals surface area contributed by atoms with Crippen molar-refractivity contribution in [1.29, 1.82) is 0 Å². The minimum atomic E-state index is -0.625. The van der Waals surface area contributed by atoms with Gasteiger partial charge in [0.05, 0.1) is 6.61 Å². The Bertz CT molecular complexity index is 334. The van der Waals surface area contributed by atoms with Crippen LogP contribution in [-0.2, 0) is 11.3 Å². The molecule has 0 radical (unpaired) electrons. The van der Waals surface area contributed by atoms with Crippen LogP contribution in [0.25, 0.3) is 0 Å². The van der Waals surface area contributed by atoms with E-state index in [4.69, 9.17) is 9.47 Å². The van der Waals surface area contributed by atoms with Crippen LogP contribution in [0.4, 0.5) is 8.78 Å². The van der Waals surface area contributed by atoms with Crippen LogP contribution in [0.2, 0.25) is 0 Å². The summed E-state index contributed by atoms with van der Waals surface area (Å²) >= 11 is 0. The molecule has 0 aliphatic heterocycles. The van der Waals surface area contributed by atoms with Crippen molar-refractivity contribution < 1.29 is 18.3 Å². The minimum absolute atomic E-state index is 0.0864. The second-order valence-corrected chi connectivity index (χ2v) is 3.47. The summed E-state index contributed by atoms with van der Waals surface area (Å²) in [7, 11) is 1.62. The molecule has 0 bridgehead atoms. The van der Waals surface area contributed by atoms with Crippen molar-refractivity contribution in [3.8, 4) is 5.75 Å². The molecule has 0 aliphatic carbocycles. The van der Waals surface area contributed by atoms with Gasteiger partial charge in [0.1, 0.15) is 13.3 Å². The lowest BCUT2D eigenvalue weighted by Gasteiger charge is -2.08. The van der Waals surface area contributed by atoms with Gasteiger partial charge in [-0.3, -0.25) is 0 Å². The second-order valence-electron chi connectivity index (χ2n) is 3.47. The molecule has 0 spiro atoms. The first-order valence-electron chi connectivity index (χ1n) is 5.44. The van der Waals surface area contributed by atoms with Crippen molar-refractivity contribution >= 4 is 0 Å². The molecule has 0 fully saturated rings. The molecule has 1 aromatic carbocycles. The monoisotopic (exact) mass is 245 g/mol. The zero-order chi connectivity index (χ0) is 12.5. The van der Waals surface area contributed by atoms with Gasteiger partial charge < -0.3 is 14.8 Å². The van der Waals surface area contributed by atoms with Crippen LogP contribution in [0.5, 0.6) is 5.75 Å². The average molecular weight is 245 g/mol. The molecule has 0 saturated carbocycles. The SMILES string of the molecule is COCCNCc1ccc(OCCF)c(F)c1. The van der Waals surface area contributed by atoms with Crippen LogP contribution in [-0.4, -0.2) is 33.5 Å². The van der Waals surface area contributed by atoms with E-state index in [1.165, 1.54) is 12.1 Å². The molecule has 5 heteroatoms. The van der Waals surface area contributed by atoms with Crippen LogP contribution in [0.1, 0.15) is 5.56 Å². The first-order valence-corrected chi connectivity index (χ1v) is 5.44. The smallest absolute Gasteiger partial charge is 0.165 e. The Hall–Kier alpha value is -1.20. The number of hydrogen-bond acceptors (Lipinski definition) is 3. The van der Waals surface area contributed by atoms with Crippen molar-refractivity contribution in [2.24, 2.45) is 0 Å². The molecule has 0 saturated heterocycles. The molecule has 0 heterocycles. The van der Waals surface area contributed by atoms with E-state index < -0.39 is 12.5 Å². The topological polar surface area (TPSA) is 30.5 Å². The Kier molecular flexibility index (Phi) is 6.50. The van der Waals surface area contributed by atoms with Gasteiger partial charge >= 0.3 is 0 Å². The molecule has 3 nitrogen and oxygen atoms in total. The van der Waals surface area contributed by atoms with E-state index in [9.17, 15) is 8.78 Å². The highest BCUT2D eigenvalue weighted by Gasteiger charge is 2.04. The van der Waals surface area contributed by atoms with E-state index >= 15 is 0 Å². The third-order valence-electron chi connectivity index (χ3n) is 2.14. The molecule has 1 aromatic rings. The van der Waals surface area contributed by atoms with Crippen LogP contribution < -0.4 is 10.1 Å². The number of halogens is 2. The van der Waals surface area contributed by atoms with Crippen molar-refractivity contribution in [3.63, 3.8) is 0 Å². The molecule has 1 N–H and O–H groups in total. The van der Waals surface area contributed by atoms with E-state index in [-0.39, 0.29) is 12.4 Å². The Balaban J connectivity index is 2.44. The predicted molar refractivity (Wildman–Crippen MR) is 61.5 cm³/mol. The fourth-order valence-corrected chi connectivity index (χ4v) is 1.33. The Morgan fingerprint density at radius 1 is 1.29 bits per heavy atom. The molecule has 0 aromatic heterocycles. The standard InChI is InChI=1S/C12H17F2NO2/c1-16-7-5-15-9-10-2-3-12(11(14)8-10)17-6-4-13/h2-3,8,15H,4-7,9H2,1H3. The number of ether oxygens (including phenoxy) is 2. The summed E-state index contributed by atoms with van der Waals surface area (Å²) in [6.45, 7) is 1.13. The Morgan fingerprint density at radius 2 is 2.12 bits per heavy atom. The van der Waals surface area contributed by atoms with Crippen molar-refractivity contribution in [2.45, 2.75) is 6.54 Å². The van der Waals surface area contributed by atoms with Gasteiger partial charge in [-0.05, 0) is 17.7 Å². The van der Waals surface area contributed by atoms with Gasteiger partial charge in [-0.15, -0.1) is 0 Å². The summed E-state index contributed by atoms with van der Waals surface area (Å²) in [5.41, 5.74) is 0.811. The first kappa shape index (κ1) is 13.9. The highest BCUT2D eigenvalue weighted by atomic mass is 19.1. The molecule has 96 valence electrons. The molecule has 1 rings (SSSR count). The van der Waals surface area contributed by atoms with E-state index in [2.05, 4.69) is 5.32 Å². The lowest BCUT2D eigenvalue weighted by atomic mass is 10.2. The van der Waals surface area contributed by atoms with E-state index in [1.54, 1.807) is 13.2 Å². The van der Waals surface area contributed by atoms with Crippen LogP contribution in [0.3, 0.4) is 0 Å². The van der Waals surface area contributed by atoms with Gasteiger partial charge in [0.2, 0.25) is 0 Å². The third kappa shape index (κ3) is 5.10. The molecule has 17 heavy (non-hydrogen) atoms. The maximum Gasteiger partial charge on any atom is 0.165 e. The first-order chi connectivity index (χ1) is 8.27. The molecular weight excluding hydrogens is 228 g/mol. The van der Waals surface area contributed by atoms with Crippen molar-refractivity contribution in [1.82, 2.24) is 5.32 Å². The van der Waals surface area contributed by atoms with Crippen LogP contribution in [0, 0.1) is 5.82 Å². The van der Waals surface area contributed by atoms with Crippen LogP contribution >= 0.6 is 0 Å². The summed E-state index contributed by atoms with van der Waals surface area (Å²) in [5, 5.41) is 3.10. The summed E-state index contributed by atoms with van der Waals surface area (Å²) < 4.78 is 35.1. The number of methoxy groups -OCH3 is 1. The normalized spacial score (nSPS) is 10.5. The maximum absolute atomic E-state index is 13.4. The summed E-state index contributed by atoms with van der Waals surface area (Å²) in [4.78, 5) is 0. The average Bonchev–Trinajstić information content (AvgIpc) is 2.34. The quantitative estimate of drug-likeness (QED) is 0.710. The Morgan fingerprint density at radius 3 is 2.76 bits per heavy atom. The number of nitrogens with one attached hydrogen (secondary N) is 1. The third-order valence-corrected chi connectivity index (χ3v) is 2.14. The second kappa shape index (κ2) is 7.97. The fraction of sp³-hybridized carbons (Fsp3) is 0.500. The van der Waals surface area contributed by atoms with Gasteiger partial charge in [-0.25, -0.2) is 8.78 Å². The molecule has 0 atom stereocenters. The van der Waals surface area contributed by atoms with E-state index in [0.717, 1.165) is 5.56 Å². The van der Waals surface area contributed by atoms with Crippen molar-refractivity contribution in [2.75, 3.05) is 33.5 Å². The summed E-state index contributed by atoms with van der Waals surface area (Å²) in [6, 6.07) is 4.64. The fourth-order valence-electron chi connectivity index (χ4n) is 1.33. The van der Waals surface area contributed by atoms with Crippen molar-refractivity contribution in [3.05, 3.63) is 29.6 Å². The number of benzene rings is 1. The summed E-state index contributed by atoms with van der Waals surface area (Å²) in [5.74, 6) is -0.382. The summed E-state index contributed by atoms with van der Waals surface area (Å²) in [6.07, 6.45) is 0. The van der Waals surface area contributed by atoms with E-state index in [0.29, 0.717) is 19.7 Å². The van der Waals surface area contributed by atoms with Gasteiger partial charge in [-0.2, -0.15) is 0 Å². The zero-order valence-corrected chi connectivity index (χ0v) is 9.84. The minimum Gasteiger partial charge on any atom is -0.488 e. The number of alkyl halides is 1. The molecular formula is C12H17F2NO2. The van der Waals surface area contributed by atoms with Crippen LogP contribution in [0.15, 0.2) is 18.2 Å². The number of rotatable bonds is 8. The molecule has 0 unspecified atom stereocenters. The maximum atomic E-state index is 13.4. The molecule has 0 amide bonds. The van der Waals surface area contributed by atoms with Gasteiger partial charge in [0.15, 0.2) is 11.6 Å².